The minimum absolute atomic E-state index is 0.201. The number of allylic oxidation sites excluding steroid dienone is 1. The molecule has 9 heteroatoms. The first-order valence-corrected chi connectivity index (χ1v) is 10.5. The first kappa shape index (κ1) is 22.0. The molecule has 0 aliphatic carbocycles. The van der Waals surface area contributed by atoms with E-state index in [4.69, 9.17) is 16.2 Å². The standard InChI is InChI=1S/C24H24FN7O/c1-4-17-20(9-26)31-32-12-15(10-29-3)22(27)18-6-5-16(25)8-19(18)13(2)33-21-7-14(23(17)32)11-30-24(21)28/h5-8,10-11,13H,4,12,27H2,1-3H3,(H2,28,30). The second-order valence-corrected chi connectivity index (χ2v) is 7.72. The normalized spacial score (nSPS) is 15.8. The minimum Gasteiger partial charge on any atom is -0.482 e. The maximum absolute atomic E-state index is 14.2. The first-order chi connectivity index (χ1) is 15.9. The fourth-order valence-corrected chi connectivity index (χ4v) is 4.10. The number of pyridine rings is 1. The zero-order valence-electron chi connectivity index (χ0n) is 18.6. The van der Waals surface area contributed by atoms with Crippen molar-refractivity contribution in [2.24, 2.45) is 10.7 Å². The summed E-state index contributed by atoms with van der Waals surface area (Å²) in [5, 5.41) is 14.2. The van der Waals surface area contributed by atoms with Crippen molar-refractivity contribution in [1.82, 2.24) is 14.8 Å². The van der Waals surface area contributed by atoms with Gasteiger partial charge in [0.25, 0.3) is 0 Å². The number of hydrogen-bond donors (Lipinski definition) is 2. The minimum atomic E-state index is -0.571. The number of rotatable bonds is 2. The summed E-state index contributed by atoms with van der Waals surface area (Å²) < 4.78 is 22.1. The average molecular weight is 446 g/mol. The highest BCUT2D eigenvalue weighted by molar-refractivity contribution is 5.90. The summed E-state index contributed by atoms with van der Waals surface area (Å²) in [5.41, 5.74) is 17.5. The molecule has 0 spiro atoms. The van der Waals surface area contributed by atoms with E-state index in [1.165, 1.54) is 12.1 Å². The molecule has 33 heavy (non-hydrogen) atoms. The Balaban J connectivity index is 2.08. The Labute approximate surface area is 191 Å². The van der Waals surface area contributed by atoms with Gasteiger partial charge in [-0.1, -0.05) is 6.92 Å². The van der Waals surface area contributed by atoms with E-state index >= 15 is 0 Å². The SMILES string of the molecule is CCc1c(C#N)nn2c1-c1cnc(N)c(c1)OC(C)c1cc(F)ccc1C(N)=C(C=NC)C2. The zero-order chi connectivity index (χ0) is 23.7. The van der Waals surface area contributed by atoms with Gasteiger partial charge in [-0.3, -0.25) is 9.67 Å². The highest BCUT2D eigenvalue weighted by Gasteiger charge is 2.24. The number of nitrogen functional groups attached to an aromatic ring is 1. The van der Waals surface area contributed by atoms with Crippen LogP contribution in [0.4, 0.5) is 10.2 Å². The van der Waals surface area contributed by atoms with Crippen LogP contribution in [0, 0.1) is 17.1 Å². The molecule has 3 aromatic rings. The molecule has 0 saturated carbocycles. The number of halogens is 1. The molecule has 0 radical (unpaired) electrons. The molecule has 1 aliphatic rings. The Bertz CT molecular complexity index is 1330. The molecule has 1 atom stereocenters. The molecule has 1 aliphatic heterocycles. The van der Waals surface area contributed by atoms with Crippen molar-refractivity contribution in [3.63, 3.8) is 0 Å². The fourth-order valence-electron chi connectivity index (χ4n) is 4.10. The number of benzene rings is 1. The van der Waals surface area contributed by atoms with E-state index in [0.717, 1.165) is 11.3 Å². The van der Waals surface area contributed by atoms with Crippen LogP contribution in [0.2, 0.25) is 0 Å². The number of nitrogens with zero attached hydrogens (tertiary/aromatic N) is 5. The number of nitriles is 1. The Kier molecular flexibility index (Phi) is 5.84. The van der Waals surface area contributed by atoms with Gasteiger partial charge < -0.3 is 16.2 Å². The van der Waals surface area contributed by atoms with Crippen molar-refractivity contribution < 1.29 is 9.13 Å². The third kappa shape index (κ3) is 3.91. The van der Waals surface area contributed by atoms with Crippen LogP contribution < -0.4 is 16.2 Å². The van der Waals surface area contributed by atoms with Crippen LogP contribution in [0.5, 0.6) is 5.75 Å². The third-order valence-corrected chi connectivity index (χ3v) is 5.66. The van der Waals surface area contributed by atoms with E-state index in [2.05, 4.69) is 21.1 Å². The molecule has 2 aromatic heterocycles. The van der Waals surface area contributed by atoms with Crippen molar-refractivity contribution in [3.8, 4) is 23.1 Å². The quantitative estimate of drug-likeness (QED) is 0.580. The summed E-state index contributed by atoms with van der Waals surface area (Å²) in [6.07, 6.45) is 3.29. The van der Waals surface area contributed by atoms with Gasteiger partial charge in [-0.15, -0.1) is 0 Å². The molecular formula is C24H24FN7O. The molecule has 0 saturated heterocycles. The molecular weight excluding hydrogens is 421 g/mol. The van der Waals surface area contributed by atoms with Gasteiger partial charge in [0.05, 0.1) is 12.2 Å². The number of nitrogens with two attached hydrogens (primary N) is 2. The lowest BCUT2D eigenvalue weighted by molar-refractivity contribution is 0.227. The smallest absolute Gasteiger partial charge is 0.166 e. The van der Waals surface area contributed by atoms with Crippen LogP contribution in [0.3, 0.4) is 0 Å². The van der Waals surface area contributed by atoms with Crippen LogP contribution >= 0.6 is 0 Å². The lowest BCUT2D eigenvalue weighted by atomic mass is 9.97. The molecule has 1 aromatic carbocycles. The van der Waals surface area contributed by atoms with Gasteiger partial charge in [-0.05, 0) is 37.6 Å². The summed E-state index contributed by atoms with van der Waals surface area (Å²) in [6.45, 7) is 4.01. The second kappa shape index (κ2) is 8.74. The van der Waals surface area contributed by atoms with Crippen LogP contribution in [0.25, 0.3) is 17.0 Å². The number of fused-ring (bicyclic) bond motifs is 5. The van der Waals surface area contributed by atoms with Gasteiger partial charge >= 0.3 is 0 Å². The maximum Gasteiger partial charge on any atom is 0.166 e. The van der Waals surface area contributed by atoms with Crippen molar-refractivity contribution in [3.05, 3.63) is 64.2 Å². The van der Waals surface area contributed by atoms with E-state index in [-0.39, 0.29) is 12.4 Å². The lowest BCUT2D eigenvalue weighted by Crippen LogP contribution is -2.16. The van der Waals surface area contributed by atoms with Gasteiger partial charge in [0.1, 0.15) is 18.0 Å². The van der Waals surface area contributed by atoms with Crippen molar-refractivity contribution in [2.75, 3.05) is 12.8 Å². The summed E-state index contributed by atoms with van der Waals surface area (Å²) in [5.74, 6) is 0.143. The molecule has 4 N–H and O–H groups in total. The lowest BCUT2D eigenvalue weighted by Gasteiger charge is -2.22. The Morgan fingerprint density at radius 2 is 2.15 bits per heavy atom. The Morgan fingerprint density at radius 1 is 1.36 bits per heavy atom. The molecule has 0 fully saturated rings. The Morgan fingerprint density at radius 3 is 2.85 bits per heavy atom. The molecule has 8 nitrogen and oxygen atoms in total. The summed E-state index contributed by atoms with van der Waals surface area (Å²) in [6, 6.07) is 8.32. The van der Waals surface area contributed by atoms with Crippen molar-refractivity contribution in [2.45, 2.75) is 32.9 Å². The number of ether oxygens (including phenoxy) is 1. The molecule has 2 bridgehead atoms. The average Bonchev–Trinajstić information content (AvgIpc) is 3.16. The van der Waals surface area contributed by atoms with Crippen LogP contribution in [0.1, 0.15) is 42.3 Å². The van der Waals surface area contributed by atoms with Gasteiger partial charge in [-0.25, -0.2) is 9.37 Å². The largest absolute Gasteiger partial charge is 0.482 e. The highest BCUT2D eigenvalue weighted by Crippen LogP contribution is 2.36. The van der Waals surface area contributed by atoms with Crippen LogP contribution in [0.15, 0.2) is 41.0 Å². The van der Waals surface area contributed by atoms with E-state index in [0.29, 0.717) is 45.8 Å². The van der Waals surface area contributed by atoms with E-state index in [1.807, 2.05) is 6.92 Å². The number of anilines is 1. The summed E-state index contributed by atoms with van der Waals surface area (Å²) in [7, 11) is 1.64. The van der Waals surface area contributed by atoms with Gasteiger partial charge in [0.2, 0.25) is 0 Å². The molecule has 3 heterocycles. The van der Waals surface area contributed by atoms with Crippen LogP contribution in [-0.2, 0) is 13.0 Å². The topological polar surface area (TPSA) is 128 Å². The van der Waals surface area contributed by atoms with Gasteiger partial charge in [-0.2, -0.15) is 10.4 Å². The first-order valence-electron chi connectivity index (χ1n) is 10.5. The van der Waals surface area contributed by atoms with E-state index in [9.17, 15) is 9.65 Å². The van der Waals surface area contributed by atoms with E-state index in [1.54, 1.807) is 43.2 Å². The summed E-state index contributed by atoms with van der Waals surface area (Å²) in [4.78, 5) is 8.47. The van der Waals surface area contributed by atoms with Gasteiger partial charge in [0, 0.05) is 53.0 Å². The molecule has 1 unspecified atom stereocenters. The molecule has 0 amide bonds. The maximum atomic E-state index is 14.2. The fraction of sp³-hybridized carbons (Fsp3) is 0.250. The number of aliphatic imine (C=N–C) groups is 1. The second-order valence-electron chi connectivity index (χ2n) is 7.72. The molecule has 168 valence electrons. The van der Waals surface area contributed by atoms with Crippen molar-refractivity contribution >= 4 is 17.7 Å². The predicted octanol–water partition coefficient (Wildman–Crippen LogP) is 3.62. The van der Waals surface area contributed by atoms with Crippen molar-refractivity contribution in [1.29, 1.82) is 5.26 Å². The number of hydrogen-bond acceptors (Lipinski definition) is 7. The monoisotopic (exact) mass is 445 g/mol. The molecule has 4 rings (SSSR count). The summed E-state index contributed by atoms with van der Waals surface area (Å²) >= 11 is 0. The number of aromatic nitrogens is 3. The third-order valence-electron chi connectivity index (χ3n) is 5.66. The zero-order valence-corrected chi connectivity index (χ0v) is 18.6. The predicted molar refractivity (Wildman–Crippen MR) is 125 cm³/mol. The van der Waals surface area contributed by atoms with Gasteiger partial charge in [0.15, 0.2) is 17.3 Å². The highest BCUT2D eigenvalue weighted by atomic mass is 19.1. The van der Waals surface area contributed by atoms with E-state index < -0.39 is 11.9 Å². The Hall–Kier alpha value is -4.19. The van der Waals surface area contributed by atoms with Crippen LogP contribution in [-0.4, -0.2) is 28.0 Å².